The molecule has 1 aliphatic rings. The Kier molecular flexibility index (Phi) is 5.59. The van der Waals surface area contributed by atoms with Gasteiger partial charge in [0.05, 0.1) is 25.0 Å². The summed E-state index contributed by atoms with van der Waals surface area (Å²) in [5, 5.41) is 23.3. The number of carbonyl (C=O) groups is 1. The molecule has 0 saturated carbocycles. The zero-order valence-corrected chi connectivity index (χ0v) is 16.0. The van der Waals surface area contributed by atoms with Gasteiger partial charge in [-0.05, 0) is 12.0 Å². The molecule has 1 amide bonds. The molecule has 0 radical (unpaired) electrons. The molecule has 1 saturated heterocycles. The largest absolute Gasteiger partial charge is 0.394 e. The highest BCUT2D eigenvalue weighted by molar-refractivity contribution is 5.82. The molecule has 30 heavy (non-hydrogen) atoms. The van der Waals surface area contributed by atoms with Gasteiger partial charge < -0.3 is 31.7 Å². The van der Waals surface area contributed by atoms with Crippen LogP contribution in [-0.2, 0) is 16.0 Å². The Morgan fingerprint density at radius 3 is 2.77 bits per heavy atom. The van der Waals surface area contributed by atoms with E-state index in [-0.39, 0.29) is 5.82 Å². The van der Waals surface area contributed by atoms with E-state index in [0.29, 0.717) is 17.6 Å². The zero-order valence-electron chi connectivity index (χ0n) is 16.0. The number of fused-ring (bicyclic) bond motifs is 1. The van der Waals surface area contributed by atoms with Crippen LogP contribution in [0.15, 0.2) is 43.0 Å². The normalized spacial score (nSPS) is 24.8. The topological polar surface area (TPSA) is 174 Å². The molecule has 5 unspecified atom stereocenters. The Morgan fingerprint density at radius 2 is 2.03 bits per heavy atom. The summed E-state index contributed by atoms with van der Waals surface area (Å²) < 4.78 is 7.29. The summed E-state index contributed by atoms with van der Waals surface area (Å²) >= 11 is 0. The number of hydrogen-bond donors (Lipinski definition) is 5. The van der Waals surface area contributed by atoms with Crippen molar-refractivity contribution in [2.75, 3.05) is 12.3 Å². The Labute approximate surface area is 171 Å². The van der Waals surface area contributed by atoms with Gasteiger partial charge >= 0.3 is 0 Å². The van der Waals surface area contributed by atoms with E-state index in [4.69, 9.17) is 16.2 Å². The van der Waals surface area contributed by atoms with E-state index >= 15 is 0 Å². The summed E-state index contributed by atoms with van der Waals surface area (Å²) in [4.78, 5) is 24.8. The third-order valence-electron chi connectivity index (χ3n) is 5.16. The van der Waals surface area contributed by atoms with Crippen LogP contribution in [0.5, 0.6) is 0 Å². The number of ether oxygens (including phenoxy) is 1. The lowest BCUT2D eigenvalue weighted by atomic mass is 10.0. The predicted molar refractivity (Wildman–Crippen MR) is 107 cm³/mol. The van der Waals surface area contributed by atoms with Crippen molar-refractivity contribution < 1.29 is 19.7 Å². The van der Waals surface area contributed by atoms with Crippen molar-refractivity contribution >= 4 is 22.9 Å². The summed E-state index contributed by atoms with van der Waals surface area (Å²) in [5.41, 5.74) is 13.5. The SMILES string of the molecule is Nc1ncnc2c1ncn2C1OC(CO)C(NC(=O)C(N)Cc2ccccc2)C1O. The second kappa shape index (κ2) is 8.32. The number of nitrogens with two attached hydrogens (primary N) is 2. The molecular weight excluding hydrogens is 390 g/mol. The van der Waals surface area contributed by atoms with Crippen LogP contribution in [-0.4, -0.2) is 66.5 Å². The van der Waals surface area contributed by atoms with Gasteiger partial charge in [-0.1, -0.05) is 30.3 Å². The highest BCUT2D eigenvalue weighted by Gasteiger charge is 2.46. The number of carbonyl (C=O) groups excluding carboxylic acids is 1. The summed E-state index contributed by atoms with van der Waals surface area (Å²) in [5.74, 6) is -0.255. The Balaban J connectivity index is 1.51. The van der Waals surface area contributed by atoms with E-state index in [9.17, 15) is 15.0 Å². The molecule has 3 aromatic rings. The van der Waals surface area contributed by atoms with Gasteiger partial charge in [0, 0.05) is 0 Å². The van der Waals surface area contributed by atoms with Crippen LogP contribution in [0.1, 0.15) is 11.8 Å². The minimum absolute atomic E-state index is 0.196. The van der Waals surface area contributed by atoms with E-state index in [1.807, 2.05) is 30.3 Å². The van der Waals surface area contributed by atoms with Gasteiger partial charge in [0.25, 0.3) is 0 Å². The summed E-state index contributed by atoms with van der Waals surface area (Å²) in [6.07, 6.45) is 0.0907. The van der Waals surface area contributed by atoms with Gasteiger partial charge in [0.2, 0.25) is 5.91 Å². The second-order valence-corrected chi connectivity index (χ2v) is 7.15. The fourth-order valence-electron chi connectivity index (χ4n) is 3.59. The molecule has 0 spiro atoms. The minimum atomic E-state index is -1.18. The first-order chi connectivity index (χ1) is 14.5. The van der Waals surface area contributed by atoms with Crippen LogP contribution in [0.4, 0.5) is 5.82 Å². The van der Waals surface area contributed by atoms with Crippen molar-refractivity contribution in [2.45, 2.75) is 36.9 Å². The molecule has 0 bridgehead atoms. The molecule has 11 nitrogen and oxygen atoms in total. The van der Waals surface area contributed by atoms with E-state index in [1.165, 1.54) is 17.2 Å². The maximum atomic E-state index is 12.6. The van der Waals surface area contributed by atoms with Crippen LogP contribution in [0, 0.1) is 0 Å². The molecule has 5 atom stereocenters. The van der Waals surface area contributed by atoms with Gasteiger partial charge in [-0.3, -0.25) is 9.36 Å². The second-order valence-electron chi connectivity index (χ2n) is 7.15. The Morgan fingerprint density at radius 1 is 1.27 bits per heavy atom. The summed E-state index contributed by atoms with van der Waals surface area (Å²) in [6.45, 7) is -0.407. The number of aliphatic hydroxyl groups excluding tert-OH is 2. The summed E-state index contributed by atoms with van der Waals surface area (Å²) in [7, 11) is 0. The molecule has 3 heterocycles. The first kappa shape index (κ1) is 20.2. The molecule has 4 rings (SSSR count). The molecule has 1 aromatic carbocycles. The molecule has 158 valence electrons. The fraction of sp³-hybridized carbons (Fsp3) is 0.368. The van der Waals surface area contributed by atoms with E-state index < -0.39 is 43.0 Å². The van der Waals surface area contributed by atoms with Crippen LogP contribution in [0.3, 0.4) is 0 Å². The first-order valence-corrected chi connectivity index (χ1v) is 9.47. The van der Waals surface area contributed by atoms with Gasteiger partial charge in [0.1, 0.15) is 24.1 Å². The lowest BCUT2D eigenvalue weighted by Gasteiger charge is -2.22. The van der Waals surface area contributed by atoms with Crippen molar-refractivity contribution in [2.24, 2.45) is 5.73 Å². The number of imidazole rings is 1. The highest BCUT2D eigenvalue weighted by atomic mass is 16.5. The standard InChI is InChI=1S/C19H23N7O4/c20-11(6-10-4-2-1-3-5-10)18(29)25-13-12(7-27)30-19(15(13)28)26-9-24-14-16(21)22-8-23-17(14)26/h1-5,8-9,11-13,15,19,27-28H,6-7,20H2,(H,25,29)(H2,21,22,23). The number of benzene rings is 1. The van der Waals surface area contributed by atoms with Crippen LogP contribution >= 0.6 is 0 Å². The fourth-order valence-corrected chi connectivity index (χ4v) is 3.59. The van der Waals surface area contributed by atoms with Gasteiger partial charge in [-0.2, -0.15) is 0 Å². The van der Waals surface area contributed by atoms with E-state index in [0.717, 1.165) is 5.56 Å². The number of hydrogen-bond acceptors (Lipinski definition) is 9. The molecule has 7 N–H and O–H groups in total. The number of nitrogen functional groups attached to an aromatic ring is 1. The monoisotopic (exact) mass is 413 g/mol. The maximum Gasteiger partial charge on any atom is 0.237 e. The number of aromatic nitrogens is 4. The molecular formula is C19H23N7O4. The Hall–Kier alpha value is -3.12. The maximum absolute atomic E-state index is 12.6. The van der Waals surface area contributed by atoms with Crippen LogP contribution < -0.4 is 16.8 Å². The average Bonchev–Trinajstić information content (AvgIpc) is 3.31. The third kappa shape index (κ3) is 3.71. The van der Waals surface area contributed by atoms with Gasteiger partial charge in [0.15, 0.2) is 17.7 Å². The summed E-state index contributed by atoms with van der Waals surface area (Å²) in [6, 6.07) is 7.69. The Bertz CT molecular complexity index is 1030. The van der Waals surface area contributed by atoms with Crippen molar-refractivity contribution in [1.29, 1.82) is 0 Å². The number of amides is 1. The van der Waals surface area contributed by atoms with Gasteiger partial charge in [-0.25, -0.2) is 15.0 Å². The van der Waals surface area contributed by atoms with Crippen molar-refractivity contribution in [3.8, 4) is 0 Å². The molecule has 1 fully saturated rings. The van der Waals surface area contributed by atoms with Crippen LogP contribution in [0.2, 0.25) is 0 Å². The predicted octanol–water partition coefficient (Wildman–Crippen LogP) is -1.29. The number of rotatable bonds is 6. The lowest BCUT2D eigenvalue weighted by Crippen LogP contribution is -2.53. The molecule has 1 aliphatic heterocycles. The zero-order chi connectivity index (χ0) is 21.3. The average molecular weight is 413 g/mol. The molecule has 0 aliphatic carbocycles. The lowest BCUT2D eigenvalue weighted by molar-refractivity contribution is -0.124. The number of nitrogens with one attached hydrogen (secondary N) is 1. The molecule has 11 heteroatoms. The smallest absolute Gasteiger partial charge is 0.237 e. The minimum Gasteiger partial charge on any atom is -0.394 e. The quantitative estimate of drug-likeness (QED) is 0.329. The first-order valence-electron chi connectivity index (χ1n) is 9.47. The number of nitrogens with zero attached hydrogens (tertiary/aromatic N) is 4. The van der Waals surface area contributed by atoms with Crippen molar-refractivity contribution in [3.63, 3.8) is 0 Å². The number of anilines is 1. The number of aliphatic hydroxyl groups is 2. The van der Waals surface area contributed by atoms with Crippen molar-refractivity contribution in [1.82, 2.24) is 24.8 Å². The van der Waals surface area contributed by atoms with Gasteiger partial charge in [-0.15, -0.1) is 0 Å². The molecule has 2 aromatic heterocycles. The third-order valence-corrected chi connectivity index (χ3v) is 5.16. The van der Waals surface area contributed by atoms with E-state index in [2.05, 4.69) is 20.3 Å². The van der Waals surface area contributed by atoms with E-state index in [1.54, 1.807) is 0 Å². The van der Waals surface area contributed by atoms with Crippen molar-refractivity contribution in [3.05, 3.63) is 48.5 Å². The highest BCUT2D eigenvalue weighted by Crippen LogP contribution is 2.32. The van der Waals surface area contributed by atoms with Crippen LogP contribution in [0.25, 0.3) is 11.2 Å².